The van der Waals surface area contributed by atoms with Gasteiger partial charge in [-0.1, -0.05) is 18.2 Å². The monoisotopic (exact) mass is 464 g/mol. The molecule has 0 unspecified atom stereocenters. The molecule has 0 spiro atoms. The molecule has 0 saturated heterocycles. The van der Waals surface area contributed by atoms with Crippen molar-refractivity contribution in [3.8, 4) is 0 Å². The van der Waals surface area contributed by atoms with Gasteiger partial charge in [0, 0.05) is 0 Å². The Hall–Kier alpha value is -4.31. The van der Waals surface area contributed by atoms with Gasteiger partial charge in [-0.15, -0.1) is 0 Å². The minimum absolute atomic E-state index is 0.00900. The third-order valence-corrected chi connectivity index (χ3v) is 6.86. The lowest BCUT2D eigenvalue weighted by Gasteiger charge is -2.14. The molecule has 166 valence electrons. The molecule has 9 nitrogen and oxygen atoms in total. The van der Waals surface area contributed by atoms with Crippen LogP contribution < -0.4 is 10.0 Å². The molecule has 4 rings (SSSR count). The van der Waals surface area contributed by atoms with Crippen molar-refractivity contribution in [1.82, 2.24) is 0 Å². The second-order valence-corrected chi connectivity index (χ2v) is 8.96. The van der Waals surface area contributed by atoms with Gasteiger partial charge in [0.2, 0.25) is 9.84 Å². The van der Waals surface area contributed by atoms with Crippen molar-refractivity contribution in [2.24, 2.45) is 0 Å². The molecular formula is C23H14NO8S-. The van der Waals surface area contributed by atoms with Gasteiger partial charge in [-0.05, 0) is 54.1 Å². The predicted octanol–water partition coefficient (Wildman–Crippen LogP) is 1.47. The van der Waals surface area contributed by atoms with Crippen LogP contribution in [0.15, 0.2) is 76.5 Å². The van der Waals surface area contributed by atoms with Gasteiger partial charge in [0.05, 0.1) is 45.2 Å². The molecule has 0 atom stereocenters. The Morgan fingerprint density at radius 3 is 2.09 bits per heavy atom. The van der Waals surface area contributed by atoms with Crippen LogP contribution >= 0.6 is 0 Å². The second-order valence-electron chi connectivity index (χ2n) is 7.01. The molecular weight excluding hydrogens is 450 g/mol. The number of carboxylic acid groups (broad SMARTS) is 1. The summed E-state index contributed by atoms with van der Waals surface area (Å²) in [5.74, 6) is -3.51. The average Bonchev–Trinajstić information content (AvgIpc) is 3.08. The van der Waals surface area contributed by atoms with Crippen LogP contribution in [-0.4, -0.2) is 39.3 Å². The van der Waals surface area contributed by atoms with Crippen LogP contribution in [0, 0.1) is 0 Å². The first kappa shape index (κ1) is 21.9. The zero-order chi connectivity index (χ0) is 23.9. The molecule has 0 radical (unpaired) electrons. The summed E-state index contributed by atoms with van der Waals surface area (Å²) in [6.45, 7) is 0. The number of hydrogen-bond acceptors (Lipinski definition) is 8. The van der Waals surface area contributed by atoms with Crippen molar-refractivity contribution >= 4 is 39.3 Å². The first-order chi connectivity index (χ1) is 15.6. The first-order valence-electron chi connectivity index (χ1n) is 9.43. The van der Waals surface area contributed by atoms with Crippen LogP contribution in [0.3, 0.4) is 0 Å². The van der Waals surface area contributed by atoms with Crippen molar-refractivity contribution in [3.63, 3.8) is 0 Å². The maximum atomic E-state index is 13.0. The number of imide groups is 1. The van der Waals surface area contributed by atoms with Crippen molar-refractivity contribution in [2.75, 3.05) is 12.0 Å². The first-order valence-corrected chi connectivity index (χ1v) is 10.9. The quantitative estimate of drug-likeness (QED) is 0.409. The highest BCUT2D eigenvalue weighted by Gasteiger charge is 2.38. The van der Waals surface area contributed by atoms with Crippen LogP contribution in [0.1, 0.15) is 41.4 Å². The van der Waals surface area contributed by atoms with E-state index in [1.54, 1.807) is 0 Å². The highest BCUT2D eigenvalue weighted by molar-refractivity contribution is 7.91. The maximum absolute atomic E-state index is 13.0. The Labute approximate surface area is 187 Å². The number of carbonyl (C=O) groups is 4. The normalized spacial score (nSPS) is 13.1. The number of hydrogen-bond donors (Lipinski definition) is 0. The second kappa shape index (κ2) is 7.99. The molecule has 0 aromatic heterocycles. The van der Waals surface area contributed by atoms with Gasteiger partial charge in [0.15, 0.2) is 0 Å². The van der Waals surface area contributed by atoms with E-state index in [-0.39, 0.29) is 37.7 Å². The van der Waals surface area contributed by atoms with Gasteiger partial charge in [-0.3, -0.25) is 9.59 Å². The molecule has 0 aliphatic carbocycles. The van der Waals surface area contributed by atoms with E-state index in [1.165, 1.54) is 43.5 Å². The van der Waals surface area contributed by atoms with Crippen molar-refractivity contribution in [3.05, 3.63) is 89.0 Å². The van der Waals surface area contributed by atoms with E-state index < -0.39 is 33.6 Å². The number of nitrogens with zero attached hydrogens (tertiary/aromatic N) is 1. The summed E-state index contributed by atoms with van der Waals surface area (Å²) in [5.41, 5.74) is -0.0275. The molecule has 3 aromatic carbocycles. The van der Waals surface area contributed by atoms with E-state index in [9.17, 15) is 32.7 Å². The molecule has 0 bridgehead atoms. The van der Waals surface area contributed by atoms with Crippen LogP contribution in [-0.2, 0) is 14.6 Å². The summed E-state index contributed by atoms with van der Waals surface area (Å²) in [5, 5.41) is 10.9. The Kier molecular flexibility index (Phi) is 5.30. The molecule has 1 aliphatic rings. The standard InChI is InChI=1S/C23H15NO8S/c1-32-23(29)14-3-2-4-15(11-14)24-20(25)18-10-9-17(12-19(18)21(24)26)33(30,31)16-7-5-13(6-8-16)22(27)28/h2-12H,1H3,(H,27,28)/p-1. The summed E-state index contributed by atoms with van der Waals surface area (Å²) in [4.78, 5) is 49.0. The minimum atomic E-state index is -4.10. The summed E-state index contributed by atoms with van der Waals surface area (Å²) in [6, 6.07) is 13.7. The van der Waals surface area contributed by atoms with Crippen molar-refractivity contribution in [2.45, 2.75) is 9.79 Å². The molecule has 10 heteroatoms. The lowest BCUT2D eigenvalue weighted by atomic mass is 10.1. The fourth-order valence-corrected chi connectivity index (χ4v) is 4.70. The van der Waals surface area contributed by atoms with Crippen LogP contribution in [0.25, 0.3) is 0 Å². The minimum Gasteiger partial charge on any atom is -0.545 e. The van der Waals surface area contributed by atoms with Crippen LogP contribution in [0.4, 0.5) is 5.69 Å². The zero-order valence-corrected chi connectivity index (χ0v) is 17.8. The summed E-state index contributed by atoms with van der Waals surface area (Å²) in [6.07, 6.45) is 0. The highest BCUT2D eigenvalue weighted by atomic mass is 32.2. The van der Waals surface area contributed by atoms with Crippen LogP contribution in [0.2, 0.25) is 0 Å². The number of fused-ring (bicyclic) bond motifs is 1. The van der Waals surface area contributed by atoms with Crippen LogP contribution in [0.5, 0.6) is 0 Å². The Morgan fingerprint density at radius 1 is 0.818 bits per heavy atom. The fourth-order valence-electron chi connectivity index (χ4n) is 3.42. The Bertz CT molecular complexity index is 1440. The summed E-state index contributed by atoms with van der Waals surface area (Å²) >= 11 is 0. The van der Waals surface area contributed by atoms with Gasteiger partial charge in [-0.25, -0.2) is 18.1 Å². The molecule has 0 fully saturated rings. The summed E-state index contributed by atoms with van der Waals surface area (Å²) in [7, 11) is -2.90. The Morgan fingerprint density at radius 2 is 1.45 bits per heavy atom. The molecule has 0 saturated carbocycles. The van der Waals surface area contributed by atoms with Crippen molar-refractivity contribution in [1.29, 1.82) is 0 Å². The predicted molar refractivity (Wildman–Crippen MR) is 112 cm³/mol. The van der Waals surface area contributed by atoms with Gasteiger partial charge in [0.25, 0.3) is 11.8 Å². The van der Waals surface area contributed by atoms with Gasteiger partial charge in [-0.2, -0.15) is 0 Å². The largest absolute Gasteiger partial charge is 0.545 e. The molecule has 3 aromatic rings. The molecule has 33 heavy (non-hydrogen) atoms. The van der Waals surface area contributed by atoms with Gasteiger partial charge < -0.3 is 14.6 Å². The van der Waals surface area contributed by atoms with Gasteiger partial charge >= 0.3 is 5.97 Å². The molecule has 1 aliphatic heterocycles. The lowest BCUT2D eigenvalue weighted by Crippen LogP contribution is -2.29. The Balaban J connectivity index is 1.72. The topological polar surface area (TPSA) is 138 Å². The number of sulfone groups is 1. The van der Waals surface area contributed by atoms with E-state index in [0.29, 0.717) is 0 Å². The number of esters is 1. The smallest absolute Gasteiger partial charge is 0.337 e. The van der Waals surface area contributed by atoms with E-state index in [2.05, 4.69) is 4.74 Å². The number of rotatable bonds is 5. The van der Waals surface area contributed by atoms with Crippen molar-refractivity contribution < 1.29 is 37.4 Å². The molecule has 1 heterocycles. The molecule has 2 amide bonds. The molecule has 0 N–H and O–H groups in total. The number of ether oxygens (including phenoxy) is 1. The summed E-state index contributed by atoms with van der Waals surface area (Å²) < 4.78 is 30.6. The number of carboxylic acids is 1. The number of aromatic carboxylic acids is 1. The van der Waals surface area contributed by atoms with E-state index >= 15 is 0 Å². The lowest BCUT2D eigenvalue weighted by molar-refractivity contribution is -0.255. The number of carbonyl (C=O) groups excluding carboxylic acids is 4. The third-order valence-electron chi connectivity index (χ3n) is 5.09. The number of anilines is 1. The van der Waals surface area contributed by atoms with E-state index in [4.69, 9.17) is 0 Å². The third kappa shape index (κ3) is 3.66. The number of amides is 2. The van der Waals surface area contributed by atoms with Gasteiger partial charge in [0.1, 0.15) is 0 Å². The average molecular weight is 464 g/mol. The maximum Gasteiger partial charge on any atom is 0.337 e. The SMILES string of the molecule is COC(=O)c1cccc(N2C(=O)c3ccc(S(=O)(=O)c4ccc(C(=O)[O-])cc4)cc3C2=O)c1. The fraction of sp³-hybridized carbons (Fsp3) is 0.0435. The van der Waals surface area contributed by atoms with E-state index in [0.717, 1.165) is 35.2 Å². The highest BCUT2D eigenvalue weighted by Crippen LogP contribution is 2.32. The number of benzene rings is 3. The zero-order valence-electron chi connectivity index (χ0n) is 17.0. The number of methoxy groups -OCH3 is 1. The van der Waals surface area contributed by atoms with E-state index in [1.807, 2.05) is 0 Å².